The number of rotatable bonds is 7. The maximum atomic E-state index is 5.97. The van der Waals surface area contributed by atoms with E-state index in [4.69, 9.17) is 16.3 Å². The predicted molar refractivity (Wildman–Crippen MR) is 70.6 cm³/mol. The van der Waals surface area contributed by atoms with Gasteiger partial charge in [0.05, 0.1) is 0 Å². The number of hydrogen-bond donors (Lipinski definition) is 0. The summed E-state index contributed by atoms with van der Waals surface area (Å²) >= 11 is 5.97. The van der Waals surface area contributed by atoms with Crippen molar-refractivity contribution in [2.45, 2.75) is 33.3 Å². The first-order valence-electron chi connectivity index (χ1n) is 5.99. The molecule has 0 atom stereocenters. The van der Waals surface area contributed by atoms with E-state index in [1.807, 2.05) is 14.0 Å². The van der Waals surface area contributed by atoms with Crippen LogP contribution < -0.4 is 4.90 Å². The van der Waals surface area contributed by atoms with E-state index in [0.29, 0.717) is 24.2 Å². The normalized spacial score (nSPS) is 10.6. The van der Waals surface area contributed by atoms with Gasteiger partial charge in [-0.2, -0.15) is 0 Å². The molecule has 96 valence electrons. The van der Waals surface area contributed by atoms with Crippen molar-refractivity contribution in [1.29, 1.82) is 0 Å². The summed E-state index contributed by atoms with van der Waals surface area (Å²) in [6, 6.07) is 1.78. The summed E-state index contributed by atoms with van der Waals surface area (Å²) in [5.74, 6) is 1.49. The fraction of sp³-hybridized carbons (Fsp3) is 0.667. The highest BCUT2D eigenvalue weighted by molar-refractivity contribution is 6.29. The molecule has 0 spiro atoms. The molecule has 0 aliphatic rings. The van der Waals surface area contributed by atoms with Crippen LogP contribution in [0, 0.1) is 0 Å². The van der Waals surface area contributed by atoms with Gasteiger partial charge < -0.3 is 9.64 Å². The smallest absolute Gasteiger partial charge is 0.158 e. The Bertz CT molecular complexity index is 347. The Morgan fingerprint density at radius 1 is 1.35 bits per heavy atom. The van der Waals surface area contributed by atoms with Crippen LogP contribution in [-0.2, 0) is 11.3 Å². The standard InChI is InChI=1S/C12H20ClN3O/c1-4-6-7-16(3)12-8-10(13)14-11(15-12)9-17-5-2/h8H,4-7,9H2,1-3H3. The summed E-state index contributed by atoms with van der Waals surface area (Å²) in [6.45, 7) is 6.14. The van der Waals surface area contributed by atoms with Crippen molar-refractivity contribution in [3.63, 3.8) is 0 Å². The van der Waals surface area contributed by atoms with Gasteiger partial charge in [0.15, 0.2) is 5.82 Å². The minimum absolute atomic E-state index is 0.408. The number of aromatic nitrogens is 2. The van der Waals surface area contributed by atoms with Crippen molar-refractivity contribution in [2.75, 3.05) is 25.1 Å². The van der Waals surface area contributed by atoms with Crippen LogP contribution in [0.4, 0.5) is 5.82 Å². The molecule has 0 N–H and O–H groups in total. The molecule has 1 rings (SSSR count). The first-order chi connectivity index (χ1) is 8.17. The van der Waals surface area contributed by atoms with Crippen LogP contribution in [0.25, 0.3) is 0 Å². The lowest BCUT2D eigenvalue weighted by Crippen LogP contribution is -2.20. The van der Waals surface area contributed by atoms with Crippen LogP contribution in [0.1, 0.15) is 32.5 Å². The third-order valence-electron chi connectivity index (χ3n) is 2.40. The zero-order valence-electron chi connectivity index (χ0n) is 10.7. The Kier molecular flexibility index (Phi) is 6.22. The molecular weight excluding hydrogens is 238 g/mol. The van der Waals surface area contributed by atoms with Gasteiger partial charge in [-0.1, -0.05) is 24.9 Å². The minimum atomic E-state index is 0.408. The highest BCUT2D eigenvalue weighted by atomic mass is 35.5. The van der Waals surface area contributed by atoms with Crippen LogP contribution in [0.15, 0.2) is 6.07 Å². The quantitative estimate of drug-likeness (QED) is 0.704. The summed E-state index contributed by atoms with van der Waals surface area (Å²) in [5, 5.41) is 0.466. The Balaban J connectivity index is 2.73. The second kappa shape index (κ2) is 7.45. The molecule has 4 nitrogen and oxygen atoms in total. The second-order valence-electron chi connectivity index (χ2n) is 3.88. The fourth-order valence-corrected chi connectivity index (χ4v) is 1.61. The molecule has 1 heterocycles. The average Bonchev–Trinajstić information content (AvgIpc) is 2.32. The van der Waals surface area contributed by atoms with Crippen LogP contribution >= 0.6 is 11.6 Å². The molecule has 5 heteroatoms. The molecule has 0 saturated heterocycles. The number of anilines is 1. The Hall–Kier alpha value is -0.870. The van der Waals surface area contributed by atoms with Crippen molar-refractivity contribution >= 4 is 17.4 Å². The van der Waals surface area contributed by atoms with E-state index in [1.165, 1.54) is 0 Å². The highest BCUT2D eigenvalue weighted by Crippen LogP contribution is 2.15. The molecule has 0 bridgehead atoms. The molecule has 0 aliphatic heterocycles. The lowest BCUT2D eigenvalue weighted by atomic mass is 10.3. The van der Waals surface area contributed by atoms with E-state index >= 15 is 0 Å². The van der Waals surface area contributed by atoms with E-state index in [0.717, 1.165) is 25.2 Å². The summed E-state index contributed by atoms with van der Waals surface area (Å²) in [4.78, 5) is 10.7. The number of unbranched alkanes of at least 4 members (excludes halogenated alkanes) is 1. The second-order valence-corrected chi connectivity index (χ2v) is 4.26. The van der Waals surface area contributed by atoms with Crippen molar-refractivity contribution in [2.24, 2.45) is 0 Å². The monoisotopic (exact) mass is 257 g/mol. The van der Waals surface area contributed by atoms with Gasteiger partial charge in [0.1, 0.15) is 17.6 Å². The lowest BCUT2D eigenvalue weighted by Gasteiger charge is -2.18. The molecule has 1 aromatic rings. The zero-order chi connectivity index (χ0) is 12.7. The van der Waals surface area contributed by atoms with Gasteiger partial charge >= 0.3 is 0 Å². The summed E-state index contributed by atoms with van der Waals surface area (Å²) in [7, 11) is 2.01. The van der Waals surface area contributed by atoms with Gasteiger partial charge in [-0.05, 0) is 13.3 Å². The van der Waals surface area contributed by atoms with Crippen molar-refractivity contribution < 1.29 is 4.74 Å². The largest absolute Gasteiger partial charge is 0.374 e. The summed E-state index contributed by atoms with van der Waals surface area (Å²) in [5.41, 5.74) is 0. The summed E-state index contributed by atoms with van der Waals surface area (Å²) < 4.78 is 5.29. The molecule has 0 fully saturated rings. The van der Waals surface area contributed by atoms with Gasteiger partial charge in [0.25, 0.3) is 0 Å². The van der Waals surface area contributed by atoms with Crippen LogP contribution in [0.3, 0.4) is 0 Å². The maximum Gasteiger partial charge on any atom is 0.158 e. The van der Waals surface area contributed by atoms with Gasteiger partial charge in [-0.25, -0.2) is 9.97 Å². The van der Waals surface area contributed by atoms with Crippen molar-refractivity contribution in [3.8, 4) is 0 Å². The molecular formula is C12H20ClN3O. The average molecular weight is 258 g/mol. The highest BCUT2D eigenvalue weighted by Gasteiger charge is 2.07. The zero-order valence-corrected chi connectivity index (χ0v) is 11.5. The molecule has 0 radical (unpaired) electrons. The van der Waals surface area contributed by atoms with Gasteiger partial charge in [0.2, 0.25) is 0 Å². The molecule has 0 unspecified atom stereocenters. The third-order valence-corrected chi connectivity index (χ3v) is 2.59. The summed E-state index contributed by atoms with van der Waals surface area (Å²) in [6.07, 6.45) is 2.30. The maximum absolute atomic E-state index is 5.97. The Morgan fingerprint density at radius 3 is 2.76 bits per heavy atom. The molecule has 1 aromatic heterocycles. The fourth-order valence-electron chi connectivity index (χ4n) is 1.41. The lowest BCUT2D eigenvalue weighted by molar-refractivity contribution is 0.128. The Morgan fingerprint density at radius 2 is 2.12 bits per heavy atom. The van der Waals surface area contributed by atoms with Crippen LogP contribution in [0.5, 0.6) is 0 Å². The number of nitrogens with zero attached hydrogens (tertiary/aromatic N) is 3. The first-order valence-corrected chi connectivity index (χ1v) is 6.37. The molecule has 17 heavy (non-hydrogen) atoms. The Labute approximate surface area is 108 Å². The number of hydrogen-bond acceptors (Lipinski definition) is 4. The van der Waals surface area contributed by atoms with E-state index < -0.39 is 0 Å². The first kappa shape index (κ1) is 14.2. The molecule has 0 aliphatic carbocycles. The number of halogens is 1. The van der Waals surface area contributed by atoms with Gasteiger partial charge in [0, 0.05) is 26.3 Å². The van der Waals surface area contributed by atoms with Crippen LogP contribution in [-0.4, -0.2) is 30.2 Å². The topological polar surface area (TPSA) is 38.2 Å². The van der Waals surface area contributed by atoms with E-state index in [2.05, 4.69) is 21.8 Å². The molecule has 0 aromatic carbocycles. The molecule has 0 saturated carbocycles. The minimum Gasteiger partial charge on any atom is -0.374 e. The third kappa shape index (κ3) is 4.88. The SMILES string of the molecule is CCCCN(C)c1cc(Cl)nc(COCC)n1. The predicted octanol–water partition coefficient (Wildman–Crippen LogP) is 2.90. The van der Waals surface area contributed by atoms with Gasteiger partial charge in [-0.15, -0.1) is 0 Å². The molecule has 0 amide bonds. The van der Waals surface area contributed by atoms with E-state index in [9.17, 15) is 0 Å². The van der Waals surface area contributed by atoms with Crippen molar-refractivity contribution in [1.82, 2.24) is 9.97 Å². The number of ether oxygens (including phenoxy) is 1. The van der Waals surface area contributed by atoms with Gasteiger partial charge in [-0.3, -0.25) is 0 Å². The van der Waals surface area contributed by atoms with E-state index in [1.54, 1.807) is 6.07 Å². The van der Waals surface area contributed by atoms with Crippen molar-refractivity contribution in [3.05, 3.63) is 17.0 Å². The van der Waals surface area contributed by atoms with E-state index in [-0.39, 0.29) is 0 Å². The van der Waals surface area contributed by atoms with Crippen LogP contribution in [0.2, 0.25) is 5.15 Å².